The maximum Gasteiger partial charge on any atom is 0.239 e. The zero-order chi connectivity index (χ0) is 11.0. The summed E-state index contributed by atoms with van der Waals surface area (Å²) in [6.45, 7) is 5.60. The summed E-state index contributed by atoms with van der Waals surface area (Å²) < 4.78 is 0. The van der Waals surface area contributed by atoms with E-state index >= 15 is 0 Å². The number of nitrogens with zero attached hydrogens (tertiary/aromatic N) is 1. The van der Waals surface area contributed by atoms with E-state index in [4.69, 9.17) is 0 Å². The molecule has 0 aromatic heterocycles. The molecule has 0 saturated carbocycles. The summed E-state index contributed by atoms with van der Waals surface area (Å²) in [5.41, 5.74) is 0. The van der Waals surface area contributed by atoms with Crippen LogP contribution in [0.5, 0.6) is 0 Å². The first-order valence-corrected chi connectivity index (χ1v) is 6.50. The van der Waals surface area contributed by atoms with Crippen molar-refractivity contribution in [2.24, 2.45) is 0 Å². The average molecular weight is 218 g/mol. The molecule has 3 nitrogen and oxygen atoms in total. The first-order chi connectivity index (χ1) is 6.63. The van der Waals surface area contributed by atoms with Crippen LogP contribution in [0.1, 0.15) is 20.3 Å². The number of hydrogen-bond acceptors (Lipinski definition) is 3. The second-order valence-corrected chi connectivity index (χ2v) is 4.36. The molecule has 4 heteroatoms. The molecule has 1 unspecified atom stereocenters. The minimum Gasteiger partial charge on any atom is -0.345 e. The van der Waals surface area contributed by atoms with Gasteiger partial charge in [0.1, 0.15) is 0 Å². The van der Waals surface area contributed by atoms with Gasteiger partial charge in [0.25, 0.3) is 0 Å². The Kier molecular flexibility index (Phi) is 7.99. The average Bonchev–Trinajstić information content (AvgIpc) is 2.21. The Labute approximate surface area is 91.6 Å². The molecule has 14 heavy (non-hydrogen) atoms. The normalized spacial score (nSPS) is 12.6. The van der Waals surface area contributed by atoms with Crippen LogP contribution < -0.4 is 5.32 Å². The largest absolute Gasteiger partial charge is 0.345 e. The van der Waals surface area contributed by atoms with Crippen LogP contribution in [0.2, 0.25) is 0 Å². The quantitative estimate of drug-likeness (QED) is 0.652. The first kappa shape index (κ1) is 13.8. The van der Waals surface area contributed by atoms with Crippen molar-refractivity contribution in [2.75, 3.05) is 32.1 Å². The Morgan fingerprint density at radius 1 is 1.57 bits per heavy atom. The molecule has 0 aliphatic heterocycles. The van der Waals surface area contributed by atoms with Crippen LogP contribution in [0.4, 0.5) is 0 Å². The summed E-state index contributed by atoms with van der Waals surface area (Å²) >= 11 is 1.84. The third kappa shape index (κ3) is 5.50. The molecule has 0 saturated heterocycles. The predicted octanol–water partition coefficient (Wildman–Crippen LogP) is 1.20. The zero-order valence-electron chi connectivity index (χ0n) is 9.67. The van der Waals surface area contributed by atoms with E-state index in [0.717, 1.165) is 25.3 Å². The lowest BCUT2D eigenvalue weighted by atomic mass is 10.3. The number of hydrogen-bond donors (Lipinski definition) is 1. The van der Waals surface area contributed by atoms with Crippen molar-refractivity contribution < 1.29 is 4.79 Å². The summed E-state index contributed by atoms with van der Waals surface area (Å²) in [6, 6.07) is -0.0539. The van der Waals surface area contributed by atoms with Gasteiger partial charge < -0.3 is 10.2 Å². The Bertz CT molecular complexity index is 164. The van der Waals surface area contributed by atoms with Crippen molar-refractivity contribution in [1.82, 2.24) is 10.2 Å². The van der Waals surface area contributed by atoms with E-state index in [1.165, 1.54) is 0 Å². The second-order valence-electron chi connectivity index (χ2n) is 3.37. The lowest BCUT2D eigenvalue weighted by Crippen LogP contribution is -2.43. The Morgan fingerprint density at radius 3 is 2.71 bits per heavy atom. The fourth-order valence-electron chi connectivity index (χ4n) is 1.11. The second kappa shape index (κ2) is 8.12. The number of thioether (sulfide) groups is 1. The van der Waals surface area contributed by atoms with Crippen LogP contribution in [-0.4, -0.2) is 49.0 Å². The molecule has 1 amide bonds. The molecule has 0 aromatic rings. The minimum absolute atomic E-state index is 0.0539. The molecule has 0 aliphatic rings. The molecule has 0 rings (SSSR count). The van der Waals surface area contributed by atoms with Gasteiger partial charge in [0, 0.05) is 13.6 Å². The predicted molar refractivity (Wildman–Crippen MR) is 63.8 cm³/mol. The van der Waals surface area contributed by atoms with Crippen LogP contribution in [0.3, 0.4) is 0 Å². The van der Waals surface area contributed by atoms with Crippen molar-refractivity contribution in [1.29, 1.82) is 0 Å². The summed E-state index contributed by atoms with van der Waals surface area (Å²) in [5.74, 6) is 1.33. The number of rotatable bonds is 7. The fourth-order valence-corrected chi connectivity index (χ4v) is 1.54. The van der Waals surface area contributed by atoms with Crippen LogP contribution in [0.15, 0.2) is 0 Å². The monoisotopic (exact) mass is 218 g/mol. The van der Waals surface area contributed by atoms with E-state index in [2.05, 4.69) is 11.6 Å². The van der Waals surface area contributed by atoms with E-state index in [1.807, 2.05) is 32.7 Å². The Morgan fingerprint density at radius 2 is 2.21 bits per heavy atom. The number of likely N-dealkylation sites (N-methyl/N-ethyl adjacent to an activating group) is 1. The summed E-state index contributed by atoms with van der Waals surface area (Å²) in [7, 11) is 1.84. The highest BCUT2D eigenvalue weighted by atomic mass is 32.2. The number of carbonyl (C=O) groups excluding carboxylic acids is 1. The van der Waals surface area contributed by atoms with Gasteiger partial charge in [0.15, 0.2) is 0 Å². The van der Waals surface area contributed by atoms with Crippen molar-refractivity contribution in [2.45, 2.75) is 26.3 Å². The summed E-state index contributed by atoms with van der Waals surface area (Å²) in [4.78, 5) is 13.3. The maximum absolute atomic E-state index is 11.6. The van der Waals surface area contributed by atoms with Gasteiger partial charge in [-0.1, -0.05) is 0 Å². The highest BCUT2D eigenvalue weighted by molar-refractivity contribution is 7.98. The van der Waals surface area contributed by atoms with Gasteiger partial charge in [-0.3, -0.25) is 4.79 Å². The molecule has 84 valence electrons. The molecule has 0 bridgehead atoms. The van der Waals surface area contributed by atoms with Gasteiger partial charge in [-0.25, -0.2) is 0 Å². The number of carbonyl (C=O) groups is 1. The van der Waals surface area contributed by atoms with Gasteiger partial charge in [-0.15, -0.1) is 0 Å². The van der Waals surface area contributed by atoms with Crippen molar-refractivity contribution >= 4 is 17.7 Å². The molecule has 0 spiro atoms. The summed E-state index contributed by atoms with van der Waals surface area (Å²) in [6.07, 6.45) is 3.22. The standard InChI is InChI=1S/C10H22N2OS/c1-5-12(3)10(13)9(2)11-7-6-8-14-4/h9,11H,5-8H2,1-4H3. The van der Waals surface area contributed by atoms with E-state index in [9.17, 15) is 4.79 Å². The molecule has 1 atom stereocenters. The SMILES string of the molecule is CCN(C)C(=O)C(C)NCCCSC. The van der Waals surface area contributed by atoms with Gasteiger partial charge in [0.2, 0.25) is 5.91 Å². The topological polar surface area (TPSA) is 32.3 Å². The van der Waals surface area contributed by atoms with Gasteiger partial charge in [0.05, 0.1) is 6.04 Å². The van der Waals surface area contributed by atoms with Crippen LogP contribution in [-0.2, 0) is 4.79 Å². The highest BCUT2D eigenvalue weighted by Crippen LogP contribution is 1.95. The number of nitrogens with one attached hydrogen (secondary N) is 1. The van der Waals surface area contributed by atoms with Gasteiger partial charge in [-0.2, -0.15) is 11.8 Å². The van der Waals surface area contributed by atoms with E-state index in [1.54, 1.807) is 4.90 Å². The first-order valence-electron chi connectivity index (χ1n) is 5.10. The van der Waals surface area contributed by atoms with E-state index in [-0.39, 0.29) is 11.9 Å². The van der Waals surface area contributed by atoms with Crippen LogP contribution in [0.25, 0.3) is 0 Å². The lowest BCUT2D eigenvalue weighted by Gasteiger charge is -2.20. The van der Waals surface area contributed by atoms with Gasteiger partial charge in [-0.05, 0) is 38.8 Å². The fraction of sp³-hybridized carbons (Fsp3) is 0.900. The van der Waals surface area contributed by atoms with Crippen molar-refractivity contribution in [3.05, 3.63) is 0 Å². The van der Waals surface area contributed by atoms with Crippen LogP contribution >= 0.6 is 11.8 Å². The molecule has 0 aliphatic carbocycles. The van der Waals surface area contributed by atoms with Crippen molar-refractivity contribution in [3.63, 3.8) is 0 Å². The van der Waals surface area contributed by atoms with Crippen LogP contribution in [0, 0.1) is 0 Å². The molecule has 0 heterocycles. The highest BCUT2D eigenvalue weighted by Gasteiger charge is 2.14. The maximum atomic E-state index is 11.6. The molecular formula is C10H22N2OS. The third-order valence-electron chi connectivity index (χ3n) is 2.20. The zero-order valence-corrected chi connectivity index (χ0v) is 10.5. The third-order valence-corrected chi connectivity index (χ3v) is 2.89. The molecule has 0 aromatic carbocycles. The Hall–Kier alpha value is -0.220. The molecular weight excluding hydrogens is 196 g/mol. The molecule has 0 radical (unpaired) electrons. The minimum atomic E-state index is -0.0539. The number of amides is 1. The summed E-state index contributed by atoms with van der Waals surface area (Å²) in [5, 5.41) is 3.23. The smallest absolute Gasteiger partial charge is 0.239 e. The van der Waals surface area contributed by atoms with Crippen molar-refractivity contribution in [3.8, 4) is 0 Å². The lowest BCUT2D eigenvalue weighted by molar-refractivity contribution is -0.131. The molecule has 1 N–H and O–H groups in total. The van der Waals surface area contributed by atoms with E-state index in [0.29, 0.717) is 0 Å². The molecule has 0 fully saturated rings. The van der Waals surface area contributed by atoms with E-state index < -0.39 is 0 Å². The van der Waals surface area contributed by atoms with Gasteiger partial charge >= 0.3 is 0 Å². The Balaban J connectivity index is 3.62.